The largest absolute Gasteiger partial charge is 0.427 e. The van der Waals surface area contributed by atoms with E-state index in [1.54, 1.807) is 0 Å². The maximum absolute atomic E-state index is 6.15. The second-order valence-electron chi connectivity index (χ2n) is 4.70. The van der Waals surface area contributed by atoms with Crippen molar-refractivity contribution in [2.75, 3.05) is 0 Å². The lowest BCUT2D eigenvalue weighted by Gasteiger charge is -2.05. The number of rotatable bonds is 3. The fourth-order valence-electron chi connectivity index (χ4n) is 2.14. The fourth-order valence-corrected chi connectivity index (χ4v) is 2.14. The molecule has 0 aliphatic rings. The third-order valence-electron chi connectivity index (χ3n) is 3.01. The number of fused-ring (bicyclic) bond motifs is 1. The fraction of sp³-hybridized carbons (Fsp3) is 0.308. The Bertz CT molecular complexity index is 645. The van der Waals surface area contributed by atoms with E-state index in [0.717, 1.165) is 17.9 Å². The molecule has 5 heteroatoms. The molecule has 3 rings (SSSR count). The SMILES string of the molecule is Cc1cn2cc(C(N)Cc3ccn(C)c3)oc2n1. The van der Waals surface area contributed by atoms with Gasteiger partial charge in [-0.05, 0) is 25.0 Å². The molecule has 0 radical (unpaired) electrons. The van der Waals surface area contributed by atoms with E-state index < -0.39 is 0 Å². The summed E-state index contributed by atoms with van der Waals surface area (Å²) in [6.07, 6.45) is 8.68. The molecule has 3 aromatic rings. The van der Waals surface area contributed by atoms with Crippen LogP contribution >= 0.6 is 0 Å². The first kappa shape index (κ1) is 11.1. The van der Waals surface area contributed by atoms with Gasteiger partial charge in [-0.25, -0.2) is 0 Å². The first-order chi connectivity index (χ1) is 8.61. The second kappa shape index (κ2) is 4.03. The van der Waals surface area contributed by atoms with Crippen LogP contribution in [-0.4, -0.2) is 14.0 Å². The Balaban J connectivity index is 1.82. The van der Waals surface area contributed by atoms with Crippen molar-refractivity contribution in [1.82, 2.24) is 14.0 Å². The zero-order valence-electron chi connectivity index (χ0n) is 10.5. The molecular weight excluding hydrogens is 228 g/mol. The average Bonchev–Trinajstić information content (AvgIpc) is 2.92. The van der Waals surface area contributed by atoms with Crippen molar-refractivity contribution in [3.8, 4) is 0 Å². The topological polar surface area (TPSA) is 61.4 Å². The van der Waals surface area contributed by atoms with Crippen LogP contribution < -0.4 is 5.73 Å². The van der Waals surface area contributed by atoms with Crippen molar-refractivity contribution in [3.63, 3.8) is 0 Å². The minimum atomic E-state index is -0.144. The number of nitrogens with zero attached hydrogens (tertiary/aromatic N) is 3. The second-order valence-corrected chi connectivity index (χ2v) is 4.70. The highest BCUT2D eigenvalue weighted by atomic mass is 16.4. The molecule has 0 amide bonds. The highest BCUT2D eigenvalue weighted by Crippen LogP contribution is 2.19. The summed E-state index contributed by atoms with van der Waals surface area (Å²) in [6.45, 7) is 1.94. The number of hydrogen-bond donors (Lipinski definition) is 1. The van der Waals surface area contributed by atoms with Crippen LogP contribution in [0.5, 0.6) is 0 Å². The third kappa shape index (κ3) is 1.93. The first-order valence-electron chi connectivity index (χ1n) is 5.93. The molecule has 18 heavy (non-hydrogen) atoms. The molecule has 0 fully saturated rings. The first-order valence-corrected chi connectivity index (χ1v) is 5.93. The molecule has 5 nitrogen and oxygen atoms in total. The minimum Gasteiger partial charge on any atom is -0.427 e. The van der Waals surface area contributed by atoms with E-state index >= 15 is 0 Å². The highest BCUT2D eigenvalue weighted by molar-refractivity contribution is 5.29. The summed E-state index contributed by atoms with van der Waals surface area (Å²) in [5, 5.41) is 0. The van der Waals surface area contributed by atoms with Crippen LogP contribution in [0.15, 0.2) is 35.3 Å². The predicted molar refractivity (Wildman–Crippen MR) is 68.2 cm³/mol. The number of nitrogens with two attached hydrogens (primary N) is 1. The van der Waals surface area contributed by atoms with Crippen molar-refractivity contribution in [2.45, 2.75) is 19.4 Å². The number of imidazole rings is 1. The molecule has 94 valence electrons. The highest BCUT2D eigenvalue weighted by Gasteiger charge is 2.14. The van der Waals surface area contributed by atoms with E-state index in [1.165, 1.54) is 5.56 Å². The molecule has 2 N–H and O–H groups in total. The quantitative estimate of drug-likeness (QED) is 0.764. The van der Waals surface area contributed by atoms with Gasteiger partial charge in [0.1, 0.15) is 5.76 Å². The van der Waals surface area contributed by atoms with Crippen LogP contribution in [-0.2, 0) is 13.5 Å². The van der Waals surface area contributed by atoms with Crippen molar-refractivity contribution in [1.29, 1.82) is 0 Å². The van der Waals surface area contributed by atoms with Gasteiger partial charge >= 0.3 is 5.84 Å². The summed E-state index contributed by atoms with van der Waals surface area (Å²) < 4.78 is 9.53. The van der Waals surface area contributed by atoms with Crippen LogP contribution in [0.3, 0.4) is 0 Å². The zero-order valence-corrected chi connectivity index (χ0v) is 10.5. The van der Waals surface area contributed by atoms with Gasteiger partial charge in [0.05, 0.1) is 17.9 Å². The van der Waals surface area contributed by atoms with E-state index in [9.17, 15) is 0 Å². The molecule has 0 bridgehead atoms. The Morgan fingerprint density at radius 3 is 2.89 bits per heavy atom. The number of hydrogen-bond acceptors (Lipinski definition) is 3. The third-order valence-corrected chi connectivity index (χ3v) is 3.01. The molecule has 3 heterocycles. The van der Waals surface area contributed by atoms with E-state index in [0.29, 0.717) is 5.84 Å². The van der Waals surface area contributed by atoms with Gasteiger partial charge < -0.3 is 14.7 Å². The maximum atomic E-state index is 6.15. The molecule has 0 aliphatic carbocycles. The summed E-state index contributed by atoms with van der Waals surface area (Å²) in [7, 11) is 2.00. The number of aromatic nitrogens is 3. The van der Waals surface area contributed by atoms with Crippen LogP contribution in [0, 0.1) is 6.92 Å². The van der Waals surface area contributed by atoms with Gasteiger partial charge in [0.2, 0.25) is 0 Å². The van der Waals surface area contributed by atoms with Gasteiger partial charge in [-0.1, -0.05) is 0 Å². The summed E-state index contributed by atoms with van der Waals surface area (Å²) >= 11 is 0. The molecule has 0 spiro atoms. The van der Waals surface area contributed by atoms with Crippen molar-refractivity contribution in [3.05, 3.63) is 47.9 Å². The normalized spacial score (nSPS) is 13.3. The Labute approximate surface area is 105 Å². The van der Waals surface area contributed by atoms with Crippen molar-refractivity contribution in [2.24, 2.45) is 12.8 Å². The average molecular weight is 244 g/mol. The lowest BCUT2D eigenvalue weighted by molar-refractivity contribution is 0.486. The lowest BCUT2D eigenvalue weighted by atomic mass is 10.1. The van der Waals surface area contributed by atoms with Gasteiger partial charge in [0.15, 0.2) is 0 Å². The molecule has 0 saturated carbocycles. The monoisotopic (exact) mass is 244 g/mol. The van der Waals surface area contributed by atoms with Gasteiger partial charge in [0.25, 0.3) is 0 Å². The van der Waals surface area contributed by atoms with Crippen LogP contribution in [0.4, 0.5) is 0 Å². The van der Waals surface area contributed by atoms with Gasteiger partial charge in [-0.15, -0.1) is 0 Å². The Kier molecular flexibility index (Phi) is 2.48. The van der Waals surface area contributed by atoms with Crippen LogP contribution in [0.1, 0.15) is 23.1 Å². The summed E-state index contributed by atoms with van der Waals surface area (Å²) in [4.78, 5) is 4.26. The molecule has 1 unspecified atom stereocenters. The number of aryl methyl sites for hydroxylation is 2. The zero-order chi connectivity index (χ0) is 12.7. The van der Waals surface area contributed by atoms with Crippen LogP contribution in [0.25, 0.3) is 5.84 Å². The Morgan fingerprint density at radius 1 is 1.39 bits per heavy atom. The molecule has 0 aliphatic heterocycles. The minimum absolute atomic E-state index is 0.144. The smallest absolute Gasteiger partial charge is 0.306 e. The van der Waals surface area contributed by atoms with Crippen molar-refractivity contribution >= 4 is 5.84 Å². The van der Waals surface area contributed by atoms with E-state index in [1.807, 2.05) is 41.5 Å². The molecule has 0 aromatic carbocycles. The summed E-state index contributed by atoms with van der Waals surface area (Å²) in [5.41, 5.74) is 8.30. The van der Waals surface area contributed by atoms with Crippen molar-refractivity contribution < 1.29 is 4.42 Å². The summed E-state index contributed by atoms with van der Waals surface area (Å²) in [5.74, 6) is 1.37. The van der Waals surface area contributed by atoms with E-state index in [2.05, 4.69) is 17.2 Å². The van der Waals surface area contributed by atoms with Crippen LogP contribution in [0.2, 0.25) is 0 Å². The molecule has 1 atom stereocenters. The molecular formula is C13H16N4O. The number of oxazole rings is 1. The molecule has 0 saturated heterocycles. The van der Waals surface area contributed by atoms with E-state index in [-0.39, 0.29) is 6.04 Å². The lowest BCUT2D eigenvalue weighted by Crippen LogP contribution is -2.12. The molecule has 3 aromatic heterocycles. The van der Waals surface area contributed by atoms with E-state index in [4.69, 9.17) is 10.2 Å². The Morgan fingerprint density at radius 2 is 2.22 bits per heavy atom. The Hall–Kier alpha value is -2.01. The standard InChI is InChI=1S/C13H16N4O/c1-9-6-17-8-12(18-13(17)15-9)11(14)5-10-3-4-16(2)7-10/h3-4,6-8,11H,5,14H2,1-2H3. The maximum Gasteiger partial charge on any atom is 0.306 e. The van der Waals surface area contributed by atoms with Gasteiger partial charge in [-0.3, -0.25) is 4.40 Å². The van der Waals surface area contributed by atoms with Gasteiger partial charge in [0, 0.05) is 25.6 Å². The predicted octanol–water partition coefficient (Wildman–Crippen LogP) is 1.82. The van der Waals surface area contributed by atoms with Gasteiger partial charge in [-0.2, -0.15) is 4.98 Å². The summed E-state index contributed by atoms with van der Waals surface area (Å²) in [6, 6.07) is 1.92.